The summed E-state index contributed by atoms with van der Waals surface area (Å²) in [6.45, 7) is 3.69. The highest BCUT2D eigenvalue weighted by molar-refractivity contribution is 6.30. The van der Waals surface area contributed by atoms with E-state index < -0.39 is 0 Å². The van der Waals surface area contributed by atoms with Crippen molar-refractivity contribution in [3.05, 3.63) is 34.6 Å². The highest BCUT2D eigenvalue weighted by atomic mass is 35.5. The van der Waals surface area contributed by atoms with Gasteiger partial charge in [-0.1, -0.05) is 23.7 Å². The predicted molar refractivity (Wildman–Crippen MR) is 86.5 cm³/mol. The zero-order chi connectivity index (χ0) is 15.7. The summed E-state index contributed by atoms with van der Waals surface area (Å²) < 4.78 is 14.1. The molecule has 0 spiro atoms. The number of likely N-dealkylation sites (tertiary alicyclic amines) is 2. The first-order chi connectivity index (χ1) is 10.6. The van der Waals surface area contributed by atoms with E-state index in [0.717, 1.165) is 38.9 Å². The number of benzene rings is 1. The number of aliphatic hydroxyl groups excluding tert-OH is 1. The molecule has 122 valence electrons. The highest BCUT2D eigenvalue weighted by Gasteiger charge is 2.46. The lowest BCUT2D eigenvalue weighted by Crippen LogP contribution is -2.61. The number of piperidine rings is 2. The maximum atomic E-state index is 14.1. The van der Waals surface area contributed by atoms with Crippen LogP contribution in [0, 0.1) is 11.2 Å². The van der Waals surface area contributed by atoms with Crippen molar-refractivity contribution in [3.8, 4) is 0 Å². The van der Waals surface area contributed by atoms with Crippen LogP contribution < -0.4 is 0 Å². The summed E-state index contributed by atoms with van der Waals surface area (Å²) in [4.78, 5) is 4.65. The topological polar surface area (TPSA) is 26.7 Å². The maximum absolute atomic E-state index is 14.1. The van der Waals surface area contributed by atoms with E-state index in [9.17, 15) is 9.50 Å². The first kappa shape index (κ1) is 16.2. The number of hydrogen-bond donors (Lipinski definition) is 1. The molecule has 1 N–H and O–H groups in total. The molecule has 2 aliphatic rings. The van der Waals surface area contributed by atoms with Gasteiger partial charge in [-0.2, -0.15) is 0 Å². The lowest BCUT2D eigenvalue weighted by molar-refractivity contribution is -0.0686. The standard InChI is InChI=1S/C17H24ClFN2O/c1-20-8-3-6-17(12-22)7-9-21(11-15(17)20)10-13-4-2-5-14(18)16(13)19/h2,4-5,15,22H,3,6-12H2,1H3/t15-,17-/m1/s1. The third kappa shape index (κ3) is 2.90. The third-order valence-electron chi connectivity index (χ3n) is 5.52. The van der Waals surface area contributed by atoms with Gasteiger partial charge in [0, 0.05) is 30.1 Å². The Hall–Kier alpha value is -0.680. The normalized spacial score (nSPS) is 30.3. The average Bonchev–Trinajstić information content (AvgIpc) is 2.53. The van der Waals surface area contributed by atoms with E-state index in [2.05, 4.69) is 16.8 Å². The second-order valence-electron chi connectivity index (χ2n) is 6.82. The lowest BCUT2D eigenvalue weighted by Gasteiger charge is -2.53. The Bertz CT molecular complexity index is 541. The minimum Gasteiger partial charge on any atom is -0.396 e. The molecule has 2 atom stereocenters. The summed E-state index contributed by atoms with van der Waals surface area (Å²) in [5.74, 6) is -0.305. The molecule has 2 fully saturated rings. The number of likely N-dealkylation sites (N-methyl/N-ethyl adjacent to an activating group) is 1. The second-order valence-corrected chi connectivity index (χ2v) is 7.23. The zero-order valence-electron chi connectivity index (χ0n) is 13.1. The molecule has 0 radical (unpaired) electrons. The monoisotopic (exact) mass is 326 g/mol. The van der Waals surface area contributed by atoms with Crippen molar-refractivity contribution in [1.29, 1.82) is 0 Å². The average molecular weight is 327 g/mol. The van der Waals surface area contributed by atoms with Crippen molar-refractivity contribution in [2.75, 3.05) is 33.3 Å². The van der Waals surface area contributed by atoms with Gasteiger partial charge in [0.15, 0.2) is 0 Å². The van der Waals surface area contributed by atoms with Gasteiger partial charge in [-0.25, -0.2) is 4.39 Å². The summed E-state index contributed by atoms with van der Waals surface area (Å²) in [5.41, 5.74) is 0.679. The van der Waals surface area contributed by atoms with Gasteiger partial charge < -0.3 is 10.0 Å². The van der Waals surface area contributed by atoms with Gasteiger partial charge in [-0.05, 0) is 45.5 Å². The second kappa shape index (κ2) is 6.44. The Kier molecular flexibility index (Phi) is 4.74. The molecule has 0 unspecified atom stereocenters. The molecule has 1 aromatic rings. The SMILES string of the molecule is CN1CCC[C@]2(CO)CCN(Cc3cccc(Cl)c3F)C[C@@H]12. The molecular formula is C17H24ClFN2O. The Balaban J connectivity index is 1.74. The molecule has 0 aromatic heterocycles. The molecule has 5 heteroatoms. The molecule has 2 aliphatic heterocycles. The fraction of sp³-hybridized carbons (Fsp3) is 0.647. The van der Waals surface area contributed by atoms with Crippen LogP contribution in [0.15, 0.2) is 18.2 Å². The van der Waals surface area contributed by atoms with Gasteiger partial charge in [0.05, 0.1) is 11.6 Å². The van der Waals surface area contributed by atoms with Gasteiger partial charge in [0.2, 0.25) is 0 Å². The van der Waals surface area contributed by atoms with Crippen LogP contribution in [0.2, 0.25) is 5.02 Å². The van der Waals surface area contributed by atoms with Crippen LogP contribution in [0.1, 0.15) is 24.8 Å². The Labute approximate surface area is 136 Å². The molecule has 1 aromatic carbocycles. The predicted octanol–water partition coefficient (Wildman–Crippen LogP) is 2.76. The molecule has 3 rings (SSSR count). The molecular weight excluding hydrogens is 303 g/mol. The van der Waals surface area contributed by atoms with Gasteiger partial charge >= 0.3 is 0 Å². The van der Waals surface area contributed by atoms with Crippen LogP contribution in [0.3, 0.4) is 0 Å². The number of aliphatic hydroxyl groups is 1. The van der Waals surface area contributed by atoms with Gasteiger partial charge in [0.25, 0.3) is 0 Å². The summed E-state index contributed by atoms with van der Waals surface area (Å²) in [6, 6.07) is 5.54. The highest BCUT2D eigenvalue weighted by Crippen LogP contribution is 2.41. The minimum absolute atomic E-state index is 0.0242. The Morgan fingerprint density at radius 3 is 2.95 bits per heavy atom. The molecule has 2 heterocycles. The van der Waals surface area contributed by atoms with E-state index in [-0.39, 0.29) is 22.9 Å². The Morgan fingerprint density at radius 2 is 2.18 bits per heavy atom. The van der Waals surface area contributed by atoms with Crippen molar-refractivity contribution in [1.82, 2.24) is 9.80 Å². The molecule has 3 nitrogen and oxygen atoms in total. The van der Waals surface area contributed by atoms with Crippen LogP contribution in [0.25, 0.3) is 0 Å². The fourth-order valence-corrected chi connectivity index (χ4v) is 4.32. The summed E-state index contributed by atoms with van der Waals surface area (Å²) in [5, 5.41) is 10.1. The van der Waals surface area contributed by atoms with E-state index in [0.29, 0.717) is 18.2 Å². The first-order valence-electron chi connectivity index (χ1n) is 8.02. The number of hydrogen-bond acceptors (Lipinski definition) is 3. The van der Waals surface area contributed by atoms with Crippen molar-refractivity contribution in [2.24, 2.45) is 5.41 Å². The van der Waals surface area contributed by atoms with E-state index in [1.807, 2.05) is 0 Å². The first-order valence-corrected chi connectivity index (χ1v) is 8.40. The summed E-state index contributed by atoms with van der Waals surface area (Å²) in [7, 11) is 2.14. The number of nitrogens with zero attached hydrogens (tertiary/aromatic N) is 2. The fourth-order valence-electron chi connectivity index (χ4n) is 4.13. The van der Waals surface area contributed by atoms with E-state index in [4.69, 9.17) is 11.6 Å². The number of halogens is 2. The van der Waals surface area contributed by atoms with Crippen LogP contribution in [0.5, 0.6) is 0 Å². The molecule has 0 bridgehead atoms. The summed E-state index contributed by atoms with van der Waals surface area (Å²) >= 11 is 5.88. The van der Waals surface area contributed by atoms with Crippen LogP contribution in [-0.4, -0.2) is 54.2 Å². The lowest BCUT2D eigenvalue weighted by atomic mass is 9.69. The van der Waals surface area contributed by atoms with Crippen LogP contribution >= 0.6 is 11.6 Å². The quantitative estimate of drug-likeness (QED) is 0.925. The smallest absolute Gasteiger partial charge is 0.146 e. The molecule has 0 amide bonds. The van der Waals surface area contributed by atoms with Gasteiger partial charge in [0.1, 0.15) is 5.82 Å². The number of fused-ring (bicyclic) bond motifs is 1. The van der Waals surface area contributed by atoms with E-state index in [1.165, 1.54) is 0 Å². The van der Waals surface area contributed by atoms with Crippen LogP contribution in [0.4, 0.5) is 4.39 Å². The van der Waals surface area contributed by atoms with Crippen molar-refractivity contribution in [3.63, 3.8) is 0 Å². The maximum Gasteiger partial charge on any atom is 0.146 e. The summed E-state index contributed by atoms with van der Waals surface area (Å²) in [6.07, 6.45) is 3.22. The molecule has 2 saturated heterocycles. The van der Waals surface area contributed by atoms with E-state index in [1.54, 1.807) is 18.2 Å². The van der Waals surface area contributed by atoms with Crippen molar-refractivity contribution < 1.29 is 9.50 Å². The van der Waals surface area contributed by atoms with E-state index >= 15 is 0 Å². The van der Waals surface area contributed by atoms with Crippen molar-refractivity contribution in [2.45, 2.75) is 31.8 Å². The van der Waals surface area contributed by atoms with Crippen molar-refractivity contribution >= 4 is 11.6 Å². The largest absolute Gasteiger partial charge is 0.396 e. The number of rotatable bonds is 3. The molecule has 0 saturated carbocycles. The third-order valence-corrected chi connectivity index (χ3v) is 5.81. The molecule has 22 heavy (non-hydrogen) atoms. The van der Waals surface area contributed by atoms with Gasteiger partial charge in [-0.3, -0.25) is 4.90 Å². The molecule has 0 aliphatic carbocycles. The van der Waals surface area contributed by atoms with Crippen LogP contribution in [-0.2, 0) is 6.54 Å². The Morgan fingerprint density at radius 1 is 1.36 bits per heavy atom. The minimum atomic E-state index is -0.305. The van der Waals surface area contributed by atoms with Gasteiger partial charge in [-0.15, -0.1) is 0 Å². The zero-order valence-corrected chi connectivity index (χ0v) is 13.8.